The molecule has 0 saturated carbocycles. The number of benzene rings is 1. The van der Waals surface area contributed by atoms with E-state index in [2.05, 4.69) is 5.32 Å². The number of carbonyl (C=O) groups is 1. The molecular weight excluding hydrogens is 220 g/mol. The van der Waals surface area contributed by atoms with E-state index in [9.17, 15) is 9.90 Å². The van der Waals surface area contributed by atoms with Crippen LogP contribution in [0.25, 0.3) is 0 Å². The van der Waals surface area contributed by atoms with Crippen LogP contribution >= 0.6 is 0 Å². The Hall–Kier alpha value is -2.22. The summed E-state index contributed by atoms with van der Waals surface area (Å²) < 4.78 is 4.90. The molecule has 5 heteroatoms. The second-order valence-electron chi connectivity index (χ2n) is 3.42. The van der Waals surface area contributed by atoms with Crippen molar-refractivity contribution >= 4 is 5.91 Å². The van der Waals surface area contributed by atoms with E-state index in [0.29, 0.717) is 6.42 Å². The number of ether oxygens (including phenoxy) is 1. The number of phenols is 1. The first-order valence-corrected chi connectivity index (χ1v) is 5.20. The first-order valence-electron chi connectivity index (χ1n) is 5.20. The fraction of sp³-hybridized carbons (Fsp3) is 0.333. The van der Waals surface area contributed by atoms with Crippen LogP contribution in [0.4, 0.5) is 0 Å². The summed E-state index contributed by atoms with van der Waals surface area (Å²) in [7, 11) is 1.40. The van der Waals surface area contributed by atoms with Gasteiger partial charge in [-0.2, -0.15) is 5.26 Å². The Morgan fingerprint density at radius 3 is 2.88 bits per heavy atom. The average molecular weight is 234 g/mol. The normalized spacial score (nSPS) is 11.4. The minimum atomic E-state index is -0.562. The summed E-state index contributed by atoms with van der Waals surface area (Å²) in [5.74, 6) is -0.488. The van der Waals surface area contributed by atoms with Crippen LogP contribution in [-0.4, -0.2) is 24.2 Å². The summed E-state index contributed by atoms with van der Waals surface area (Å²) >= 11 is 0. The number of nitrogens with zero attached hydrogens (tertiary/aromatic N) is 1. The molecule has 0 aliphatic rings. The molecule has 17 heavy (non-hydrogen) atoms. The number of nitrogens with one attached hydrogen (secondary N) is 1. The van der Waals surface area contributed by atoms with Crippen molar-refractivity contribution in [1.82, 2.24) is 5.32 Å². The maximum absolute atomic E-state index is 11.8. The molecule has 1 atom stereocenters. The molecule has 0 aliphatic carbocycles. The summed E-state index contributed by atoms with van der Waals surface area (Å²) in [6.07, 6.45) is 0.507. The first kappa shape index (κ1) is 12.8. The Kier molecular flexibility index (Phi) is 4.35. The highest BCUT2D eigenvalue weighted by atomic mass is 16.5. The molecule has 0 aliphatic heterocycles. The van der Waals surface area contributed by atoms with E-state index in [-0.39, 0.29) is 17.1 Å². The topological polar surface area (TPSA) is 82.4 Å². The standard InChI is InChI=1S/C12H14N2O3/c1-3-8(7-13)14-12(16)9-5-4-6-10(17-2)11(9)15/h4-6,8,15H,3H2,1-2H3,(H,14,16). The zero-order valence-corrected chi connectivity index (χ0v) is 9.73. The van der Waals surface area contributed by atoms with E-state index >= 15 is 0 Å². The minimum absolute atomic E-state index is 0.0954. The van der Waals surface area contributed by atoms with Gasteiger partial charge >= 0.3 is 0 Å². The second-order valence-corrected chi connectivity index (χ2v) is 3.42. The van der Waals surface area contributed by atoms with Crippen LogP contribution in [0.3, 0.4) is 0 Å². The van der Waals surface area contributed by atoms with Gasteiger partial charge < -0.3 is 15.2 Å². The number of hydrogen-bond acceptors (Lipinski definition) is 4. The maximum Gasteiger partial charge on any atom is 0.256 e. The molecule has 1 aromatic carbocycles. The lowest BCUT2D eigenvalue weighted by molar-refractivity contribution is 0.0941. The minimum Gasteiger partial charge on any atom is -0.504 e. The zero-order chi connectivity index (χ0) is 12.8. The third-order valence-electron chi connectivity index (χ3n) is 2.33. The largest absolute Gasteiger partial charge is 0.504 e. The molecule has 0 spiro atoms. The van der Waals surface area contributed by atoms with Gasteiger partial charge in [-0.25, -0.2) is 0 Å². The third-order valence-corrected chi connectivity index (χ3v) is 2.33. The van der Waals surface area contributed by atoms with Crippen molar-refractivity contribution in [3.8, 4) is 17.6 Å². The van der Waals surface area contributed by atoms with Crippen LogP contribution in [0.1, 0.15) is 23.7 Å². The van der Waals surface area contributed by atoms with Crippen LogP contribution in [0.15, 0.2) is 18.2 Å². The Labute approximate surface area is 99.6 Å². The molecule has 0 radical (unpaired) electrons. The SMILES string of the molecule is CCC(C#N)NC(=O)c1cccc(OC)c1O. The van der Waals surface area contributed by atoms with Crippen molar-refractivity contribution in [1.29, 1.82) is 5.26 Å². The van der Waals surface area contributed by atoms with Gasteiger partial charge in [0.05, 0.1) is 18.7 Å². The lowest BCUT2D eigenvalue weighted by atomic mass is 10.1. The lowest BCUT2D eigenvalue weighted by Crippen LogP contribution is -2.33. The molecule has 90 valence electrons. The van der Waals surface area contributed by atoms with E-state index in [1.807, 2.05) is 6.07 Å². The van der Waals surface area contributed by atoms with E-state index in [0.717, 1.165) is 0 Å². The Bertz CT molecular complexity index is 452. The molecule has 1 rings (SSSR count). The van der Waals surface area contributed by atoms with Crippen LogP contribution < -0.4 is 10.1 Å². The molecule has 2 N–H and O–H groups in total. The Morgan fingerprint density at radius 2 is 2.35 bits per heavy atom. The summed E-state index contributed by atoms with van der Waals surface area (Å²) in [5, 5.41) is 21.0. The van der Waals surface area contributed by atoms with Gasteiger partial charge in [0.2, 0.25) is 0 Å². The molecule has 1 unspecified atom stereocenters. The third kappa shape index (κ3) is 2.88. The molecule has 1 amide bonds. The van der Waals surface area contributed by atoms with Gasteiger partial charge in [-0.1, -0.05) is 13.0 Å². The molecule has 0 bridgehead atoms. The number of rotatable bonds is 4. The number of phenolic OH excluding ortho intramolecular Hbond substituents is 1. The number of amides is 1. The van der Waals surface area contributed by atoms with Gasteiger partial charge in [0.1, 0.15) is 6.04 Å². The van der Waals surface area contributed by atoms with Crippen LogP contribution in [0.2, 0.25) is 0 Å². The predicted octanol–water partition coefficient (Wildman–Crippen LogP) is 1.43. The van der Waals surface area contributed by atoms with Crippen LogP contribution in [-0.2, 0) is 0 Å². The van der Waals surface area contributed by atoms with Gasteiger partial charge in [-0.15, -0.1) is 0 Å². The van der Waals surface area contributed by atoms with Gasteiger partial charge in [0, 0.05) is 0 Å². The van der Waals surface area contributed by atoms with E-state index in [1.54, 1.807) is 19.1 Å². The average Bonchev–Trinajstić information content (AvgIpc) is 2.35. The summed E-state index contributed by atoms with van der Waals surface area (Å²) in [6.45, 7) is 1.79. The highest BCUT2D eigenvalue weighted by molar-refractivity contribution is 5.97. The van der Waals surface area contributed by atoms with Crippen molar-refractivity contribution in [3.05, 3.63) is 23.8 Å². The van der Waals surface area contributed by atoms with Gasteiger partial charge in [0.15, 0.2) is 11.5 Å². The van der Waals surface area contributed by atoms with E-state index < -0.39 is 11.9 Å². The summed E-state index contributed by atoms with van der Waals surface area (Å²) in [5.41, 5.74) is 0.0954. The molecule has 5 nitrogen and oxygen atoms in total. The first-order chi connectivity index (χ1) is 8.13. The van der Waals surface area contributed by atoms with Gasteiger partial charge in [-0.05, 0) is 18.6 Å². The Balaban J connectivity index is 2.94. The number of methoxy groups -OCH3 is 1. The van der Waals surface area contributed by atoms with Crippen molar-refractivity contribution < 1.29 is 14.6 Å². The van der Waals surface area contributed by atoms with Crippen molar-refractivity contribution in [2.45, 2.75) is 19.4 Å². The van der Waals surface area contributed by atoms with Gasteiger partial charge in [-0.3, -0.25) is 4.79 Å². The molecule has 0 aromatic heterocycles. The maximum atomic E-state index is 11.8. The highest BCUT2D eigenvalue weighted by Crippen LogP contribution is 2.29. The van der Waals surface area contributed by atoms with Crippen molar-refractivity contribution in [3.63, 3.8) is 0 Å². The van der Waals surface area contributed by atoms with Crippen LogP contribution in [0, 0.1) is 11.3 Å². The number of aromatic hydroxyl groups is 1. The van der Waals surface area contributed by atoms with Crippen molar-refractivity contribution in [2.24, 2.45) is 0 Å². The fourth-order valence-electron chi connectivity index (χ4n) is 1.33. The smallest absolute Gasteiger partial charge is 0.256 e. The zero-order valence-electron chi connectivity index (χ0n) is 9.73. The van der Waals surface area contributed by atoms with Crippen molar-refractivity contribution in [2.75, 3.05) is 7.11 Å². The van der Waals surface area contributed by atoms with E-state index in [4.69, 9.17) is 10.00 Å². The molecule has 0 saturated heterocycles. The molecular formula is C12H14N2O3. The second kappa shape index (κ2) is 5.75. The summed E-state index contributed by atoms with van der Waals surface area (Å²) in [4.78, 5) is 11.8. The van der Waals surface area contributed by atoms with Gasteiger partial charge in [0.25, 0.3) is 5.91 Å². The lowest BCUT2D eigenvalue weighted by Gasteiger charge is -2.11. The monoisotopic (exact) mass is 234 g/mol. The van der Waals surface area contributed by atoms with Crippen LogP contribution in [0.5, 0.6) is 11.5 Å². The predicted molar refractivity (Wildman–Crippen MR) is 61.8 cm³/mol. The number of hydrogen-bond donors (Lipinski definition) is 2. The number of para-hydroxylation sites is 1. The summed E-state index contributed by atoms with van der Waals surface area (Å²) in [6, 6.07) is 6.01. The molecule has 0 fully saturated rings. The quantitative estimate of drug-likeness (QED) is 0.825. The number of nitriles is 1. The van der Waals surface area contributed by atoms with E-state index in [1.165, 1.54) is 13.2 Å². The highest BCUT2D eigenvalue weighted by Gasteiger charge is 2.17. The molecule has 0 heterocycles. The fourth-order valence-corrected chi connectivity index (χ4v) is 1.33. The Morgan fingerprint density at radius 1 is 1.65 bits per heavy atom. The number of carbonyl (C=O) groups excluding carboxylic acids is 1. The molecule has 1 aromatic rings.